The number of phenols is 1. The van der Waals surface area contributed by atoms with Gasteiger partial charge in [-0.05, 0) is 43.7 Å². The van der Waals surface area contributed by atoms with Crippen LogP contribution in [0.3, 0.4) is 0 Å². The Bertz CT molecular complexity index is 1480. The molecule has 8 heteroatoms. The molecule has 0 atom stereocenters. The zero-order valence-electron chi connectivity index (χ0n) is 20.0. The number of phenolic OH excluding ortho intramolecular Hbond substituents is 1. The fourth-order valence-corrected chi connectivity index (χ4v) is 4.95. The Hall–Kier alpha value is -3.91. The Morgan fingerprint density at radius 3 is 2.54 bits per heavy atom. The van der Waals surface area contributed by atoms with E-state index in [0.717, 1.165) is 71.9 Å². The van der Waals surface area contributed by atoms with Crippen LogP contribution in [0.4, 0.5) is 5.82 Å². The molecule has 2 aromatic carbocycles. The van der Waals surface area contributed by atoms with Crippen LogP contribution in [-0.4, -0.2) is 60.9 Å². The van der Waals surface area contributed by atoms with E-state index in [9.17, 15) is 5.11 Å². The van der Waals surface area contributed by atoms with Gasteiger partial charge < -0.3 is 15.0 Å². The van der Waals surface area contributed by atoms with Crippen molar-refractivity contribution in [2.75, 3.05) is 31.1 Å². The van der Waals surface area contributed by atoms with Crippen molar-refractivity contribution in [1.29, 1.82) is 0 Å². The minimum atomic E-state index is 0.158. The van der Waals surface area contributed by atoms with E-state index in [0.29, 0.717) is 0 Å². The van der Waals surface area contributed by atoms with E-state index >= 15 is 0 Å². The highest BCUT2D eigenvalue weighted by molar-refractivity contribution is 6.01. The van der Waals surface area contributed by atoms with Gasteiger partial charge in [-0.2, -0.15) is 5.10 Å². The van der Waals surface area contributed by atoms with Gasteiger partial charge in [0.05, 0.1) is 11.1 Å². The van der Waals surface area contributed by atoms with Gasteiger partial charge in [-0.25, -0.2) is 14.6 Å². The Morgan fingerprint density at radius 1 is 0.971 bits per heavy atom. The molecular weight excluding hydrogens is 438 g/mol. The molecule has 1 saturated heterocycles. The van der Waals surface area contributed by atoms with E-state index < -0.39 is 0 Å². The summed E-state index contributed by atoms with van der Waals surface area (Å²) in [4.78, 5) is 17.7. The van der Waals surface area contributed by atoms with Crippen molar-refractivity contribution in [3.8, 4) is 17.1 Å². The molecule has 6 rings (SSSR count). The third-order valence-corrected chi connectivity index (χ3v) is 6.74. The number of anilines is 1. The summed E-state index contributed by atoms with van der Waals surface area (Å²) >= 11 is 0. The van der Waals surface area contributed by atoms with Crippen LogP contribution in [0.5, 0.6) is 5.75 Å². The third-order valence-electron chi connectivity index (χ3n) is 6.74. The van der Waals surface area contributed by atoms with E-state index in [1.165, 1.54) is 5.56 Å². The van der Waals surface area contributed by atoms with Crippen molar-refractivity contribution < 1.29 is 5.11 Å². The highest BCUT2D eigenvalue weighted by Gasteiger charge is 2.26. The monoisotopic (exact) mass is 467 g/mol. The molecule has 0 spiro atoms. The molecule has 2 N–H and O–H groups in total. The first-order chi connectivity index (χ1) is 17.1. The standard InChI is InChI=1S/C27H29N7O/c1-18(2)34-27-24(25(31-34)23-15-20-14-21(35)8-9-22(20)30-23)26(28-17-29-27)33-12-10-32(11-13-33)16-19-6-4-3-5-7-19/h3-9,14-15,17-18,30,35H,10-13,16H2,1-2H3. The molecule has 1 aliphatic rings. The van der Waals surface area contributed by atoms with Gasteiger partial charge in [-0.3, -0.25) is 4.90 Å². The first-order valence-electron chi connectivity index (χ1n) is 12.1. The van der Waals surface area contributed by atoms with Crippen LogP contribution in [0.1, 0.15) is 25.5 Å². The first-order valence-corrected chi connectivity index (χ1v) is 12.1. The quantitative estimate of drug-likeness (QED) is 0.393. The van der Waals surface area contributed by atoms with Gasteiger partial charge in [0.1, 0.15) is 23.6 Å². The van der Waals surface area contributed by atoms with Gasteiger partial charge in [0, 0.05) is 49.7 Å². The van der Waals surface area contributed by atoms with Gasteiger partial charge in [-0.1, -0.05) is 30.3 Å². The summed E-state index contributed by atoms with van der Waals surface area (Å²) < 4.78 is 1.98. The predicted molar refractivity (Wildman–Crippen MR) is 139 cm³/mol. The average molecular weight is 468 g/mol. The van der Waals surface area contributed by atoms with Crippen LogP contribution in [0.25, 0.3) is 33.3 Å². The van der Waals surface area contributed by atoms with Gasteiger partial charge in [0.25, 0.3) is 0 Å². The molecule has 35 heavy (non-hydrogen) atoms. The molecule has 178 valence electrons. The number of aromatic nitrogens is 5. The summed E-state index contributed by atoms with van der Waals surface area (Å²) in [7, 11) is 0. The second-order valence-electron chi connectivity index (χ2n) is 9.49. The number of benzene rings is 2. The van der Waals surface area contributed by atoms with Crippen LogP contribution in [0.15, 0.2) is 60.9 Å². The van der Waals surface area contributed by atoms with Crippen molar-refractivity contribution >= 4 is 27.8 Å². The van der Waals surface area contributed by atoms with Crippen molar-refractivity contribution in [2.24, 2.45) is 0 Å². The van der Waals surface area contributed by atoms with Crippen LogP contribution in [-0.2, 0) is 6.54 Å². The fraction of sp³-hybridized carbons (Fsp3) is 0.296. The number of aromatic amines is 1. The maximum Gasteiger partial charge on any atom is 0.164 e. The minimum absolute atomic E-state index is 0.158. The number of nitrogens with zero attached hydrogens (tertiary/aromatic N) is 6. The average Bonchev–Trinajstić information content (AvgIpc) is 3.46. The molecule has 1 aliphatic heterocycles. The summed E-state index contributed by atoms with van der Waals surface area (Å²) in [5.41, 5.74) is 4.88. The predicted octanol–water partition coefficient (Wildman–Crippen LogP) is 4.58. The van der Waals surface area contributed by atoms with Crippen molar-refractivity contribution in [3.63, 3.8) is 0 Å². The molecule has 0 bridgehead atoms. The molecule has 0 saturated carbocycles. The number of hydrogen-bond acceptors (Lipinski definition) is 6. The molecular formula is C27H29N7O. The maximum absolute atomic E-state index is 9.92. The van der Waals surface area contributed by atoms with Crippen molar-refractivity contribution in [1.82, 2.24) is 29.6 Å². The first kappa shape index (κ1) is 21.6. The molecule has 0 unspecified atom stereocenters. The smallest absolute Gasteiger partial charge is 0.164 e. The van der Waals surface area contributed by atoms with Gasteiger partial charge in [-0.15, -0.1) is 0 Å². The lowest BCUT2D eigenvalue weighted by Crippen LogP contribution is -2.46. The maximum atomic E-state index is 9.92. The fourth-order valence-electron chi connectivity index (χ4n) is 4.95. The Labute approximate surface area is 203 Å². The van der Waals surface area contributed by atoms with E-state index in [1.807, 2.05) is 16.8 Å². The highest BCUT2D eigenvalue weighted by Crippen LogP contribution is 2.36. The van der Waals surface area contributed by atoms with Gasteiger partial charge in [0.2, 0.25) is 0 Å². The molecule has 4 heterocycles. The summed E-state index contributed by atoms with van der Waals surface area (Å²) in [6.07, 6.45) is 1.65. The number of rotatable bonds is 5. The lowest BCUT2D eigenvalue weighted by molar-refractivity contribution is 0.249. The number of fused-ring (bicyclic) bond motifs is 2. The van der Waals surface area contributed by atoms with E-state index in [-0.39, 0.29) is 11.8 Å². The summed E-state index contributed by atoms with van der Waals surface area (Å²) in [6, 6.07) is 18.2. The molecule has 3 aromatic heterocycles. The molecule has 8 nitrogen and oxygen atoms in total. The summed E-state index contributed by atoms with van der Waals surface area (Å²) in [6.45, 7) is 8.93. The number of nitrogens with one attached hydrogen (secondary N) is 1. The Morgan fingerprint density at radius 2 is 1.77 bits per heavy atom. The number of aromatic hydroxyl groups is 1. The van der Waals surface area contributed by atoms with Crippen molar-refractivity contribution in [2.45, 2.75) is 26.4 Å². The summed E-state index contributed by atoms with van der Waals surface area (Å²) in [5.74, 6) is 1.18. The highest BCUT2D eigenvalue weighted by atomic mass is 16.3. The largest absolute Gasteiger partial charge is 0.508 e. The van der Waals surface area contributed by atoms with Crippen LogP contribution < -0.4 is 4.90 Å². The van der Waals surface area contributed by atoms with Gasteiger partial charge >= 0.3 is 0 Å². The number of hydrogen-bond donors (Lipinski definition) is 2. The molecule has 1 fully saturated rings. The topological polar surface area (TPSA) is 86.1 Å². The molecule has 5 aromatic rings. The van der Waals surface area contributed by atoms with E-state index in [2.05, 4.69) is 63.9 Å². The SMILES string of the molecule is CC(C)n1nc(-c2cc3cc(O)ccc3[nH]2)c2c(N3CCN(Cc4ccccc4)CC3)ncnc21. The van der Waals surface area contributed by atoms with Crippen LogP contribution in [0.2, 0.25) is 0 Å². The Kier molecular flexibility index (Phi) is 5.37. The zero-order chi connectivity index (χ0) is 23.9. The van der Waals surface area contributed by atoms with Crippen molar-refractivity contribution in [3.05, 3.63) is 66.5 Å². The number of H-pyrrole nitrogens is 1. The molecule has 0 amide bonds. The van der Waals surface area contributed by atoms with Crippen LogP contribution >= 0.6 is 0 Å². The second-order valence-corrected chi connectivity index (χ2v) is 9.49. The number of piperazine rings is 1. The minimum Gasteiger partial charge on any atom is -0.508 e. The molecule has 0 radical (unpaired) electrons. The van der Waals surface area contributed by atoms with Gasteiger partial charge in [0.15, 0.2) is 5.65 Å². The van der Waals surface area contributed by atoms with Crippen LogP contribution in [0, 0.1) is 0 Å². The Balaban J connectivity index is 1.37. The normalized spacial score (nSPS) is 15.0. The lowest BCUT2D eigenvalue weighted by Gasteiger charge is -2.35. The van der Waals surface area contributed by atoms with E-state index in [4.69, 9.17) is 10.1 Å². The van der Waals surface area contributed by atoms with E-state index in [1.54, 1.807) is 18.5 Å². The second kappa shape index (κ2) is 8.70. The zero-order valence-corrected chi connectivity index (χ0v) is 20.0. The summed E-state index contributed by atoms with van der Waals surface area (Å²) in [5, 5.41) is 16.8. The molecule has 0 aliphatic carbocycles. The lowest BCUT2D eigenvalue weighted by atomic mass is 10.1. The third kappa shape index (κ3) is 4.00.